The molecule has 2 aromatic heterocycles. The highest BCUT2D eigenvalue weighted by Gasteiger charge is 2.28. The van der Waals surface area contributed by atoms with Gasteiger partial charge in [0.2, 0.25) is 0 Å². The van der Waals surface area contributed by atoms with Crippen molar-refractivity contribution < 1.29 is 12.6 Å². The van der Waals surface area contributed by atoms with E-state index in [9.17, 15) is 8.42 Å². The predicted molar refractivity (Wildman–Crippen MR) is 89.7 cm³/mol. The molecule has 22 heavy (non-hydrogen) atoms. The fraction of sp³-hybridized carbons (Fsp3) is 0.583. The van der Waals surface area contributed by atoms with Gasteiger partial charge in [0.1, 0.15) is 15.8 Å². The zero-order chi connectivity index (χ0) is 15.9. The van der Waals surface area contributed by atoms with Gasteiger partial charge in [-0.25, -0.2) is 14.6 Å². The first-order valence-corrected chi connectivity index (χ1v) is 9.77. The Morgan fingerprint density at radius 1 is 1.32 bits per heavy atom. The lowest BCUT2D eigenvalue weighted by Crippen LogP contribution is -2.26. The number of nitrogens with two attached hydrogens (primary N) is 1. The standard InChI is InChI=1S/C12H16IN5O3S/c1-22(19,20)21-8-4-2-7(3-5-8)18-12-9(10(13)17-18)11(14)15-6-16-12/h6-8H,2-5H2,1H3,(H2,14,15,16)/t7-,8+. The van der Waals surface area contributed by atoms with Gasteiger partial charge in [0, 0.05) is 0 Å². The maximum Gasteiger partial charge on any atom is 0.264 e. The Balaban J connectivity index is 1.81. The molecule has 2 aromatic rings. The summed E-state index contributed by atoms with van der Waals surface area (Å²) in [5.41, 5.74) is 6.62. The number of nitrogen functional groups attached to an aromatic ring is 1. The van der Waals surface area contributed by atoms with Gasteiger partial charge in [0.05, 0.1) is 23.8 Å². The number of hydrogen-bond acceptors (Lipinski definition) is 7. The van der Waals surface area contributed by atoms with Crippen molar-refractivity contribution in [2.24, 2.45) is 0 Å². The Labute approximate surface area is 141 Å². The van der Waals surface area contributed by atoms with Crippen LogP contribution in [0.25, 0.3) is 11.0 Å². The summed E-state index contributed by atoms with van der Waals surface area (Å²) < 4.78 is 30.1. The van der Waals surface area contributed by atoms with Crippen molar-refractivity contribution in [1.82, 2.24) is 19.7 Å². The van der Waals surface area contributed by atoms with Crippen molar-refractivity contribution >= 4 is 49.6 Å². The van der Waals surface area contributed by atoms with Gasteiger partial charge in [-0.05, 0) is 48.3 Å². The van der Waals surface area contributed by atoms with Crippen molar-refractivity contribution in [3.63, 3.8) is 0 Å². The summed E-state index contributed by atoms with van der Waals surface area (Å²) in [6.07, 6.45) is 5.21. The summed E-state index contributed by atoms with van der Waals surface area (Å²) in [6.45, 7) is 0. The van der Waals surface area contributed by atoms with E-state index in [0.29, 0.717) is 18.7 Å². The zero-order valence-electron chi connectivity index (χ0n) is 11.9. The van der Waals surface area contributed by atoms with Gasteiger partial charge in [0.15, 0.2) is 5.65 Å². The van der Waals surface area contributed by atoms with Crippen molar-refractivity contribution in [2.75, 3.05) is 12.0 Å². The molecule has 0 atom stereocenters. The quantitative estimate of drug-likeness (QED) is 0.572. The van der Waals surface area contributed by atoms with Gasteiger partial charge in [-0.1, -0.05) is 0 Å². The number of nitrogens with zero attached hydrogens (tertiary/aromatic N) is 4. The number of aromatic nitrogens is 4. The molecule has 0 aliphatic heterocycles. The zero-order valence-corrected chi connectivity index (χ0v) is 14.9. The van der Waals surface area contributed by atoms with Crippen LogP contribution in [0.4, 0.5) is 5.82 Å². The first kappa shape index (κ1) is 15.9. The van der Waals surface area contributed by atoms with Crippen molar-refractivity contribution in [1.29, 1.82) is 0 Å². The molecule has 2 N–H and O–H groups in total. The molecule has 0 aromatic carbocycles. The average molecular weight is 437 g/mol. The molecular weight excluding hydrogens is 421 g/mol. The van der Waals surface area contributed by atoms with Crippen LogP contribution in [0, 0.1) is 3.70 Å². The van der Waals surface area contributed by atoms with Gasteiger partial charge in [0.25, 0.3) is 10.1 Å². The lowest BCUT2D eigenvalue weighted by Gasteiger charge is -2.27. The molecule has 10 heteroatoms. The first-order valence-electron chi connectivity index (χ1n) is 6.87. The summed E-state index contributed by atoms with van der Waals surface area (Å²) in [6, 6.07) is 0.166. The second-order valence-electron chi connectivity index (χ2n) is 5.42. The van der Waals surface area contributed by atoms with E-state index in [2.05, 4.69) is 37.7 Å². The molecule has 2 heterocycles. The molecule has 120 valence electrons. The molecule has 0 radical (unpaired) electrons. The van der Waals surface area contributed by atoms with Crippen LogP contribution < -0.4 is 5.73 Å². The molecule has 0 unspecified atom stereocenters. The van der Waals surface area contributed by atoms with Crippen LogP contribution in [0.5, 0.6) is 0 Å². The van der Waals surface area contributed by atoms with Gasteiger partial charge >= 0.3 is 0 Å². The van der Waals surface area contributed by atoms with E-state index in [4.69, 9.17) is 9.92 Å². The van der Waals surface area contributed by atoms with Gasteiger partial charge in [-0.15, -0.1) is 0 Å². The summed E-state index contributed by atoms with van der Waals surface area (Å²) in [5.74, 6) is 0.426. The normalized spacial score (nSPS) is 23.0. The highest BCUT2D eigenvalue weighted by molar-refractivity contribution is 14.1. The summed E-state index contributed by atoms with van der Waals surface area (Å²) in [4.78, 5) is 8.29. The van der Waals surface area contributed by atoms with E-state index in [-0.39, 0.29) is 12.1 Å². The minimum absolute atomic E-state index is 0.166. The SMILES string of the molecule is CS(=O)(=O)O[C@H]1CC[C@@H](n2nc(I)c3c(N)ncnc32)CC1. The fourth-order valence-corrected chi connectivity index (χ4v) is 4.28. The fourth-order valence-electron chi connectivity index (χ4n) is 2.84. The van der Waals surface area contributed by atoms with Crippen LogP contribution in [0.3, 0.4) is 0 Å². The molecule has 3 rings (SSSR count). The van der Waals surface area contributed by atoms with Crippen LogP contribution in [0.15, 0.2) is 6.33 Å². The molecule has 0 saturated heterocycles. The van der Waals surface area contributed by atoms with Gasteiger partial charge < -0.3 is 5.73 Å². The molecular formula is C12H16IN5O3S. The molecule has 1 saturated carbocycles. The van der Waals surface area contributed by atoms with Crippen molar-refractivity contribution in [3.05, 3.63) is 10.0 Å². The monoisotopic (exact) mass is 437 g/mol. The number of fused-ring (bicyclic) bond motifs is 1. The van der Waals surface area contributed by atoms with Gasteiger partial charge in [-0.2, -0.15) is 13.5 Å². The highest BCUT2D eigenvalue weighted by atomic mass is 127. The lowest BCUT2D eigenvalue weighted by molar-refractivity contribution is 0.138. The Hall–Kier alpha value is -1.01. The van der Waals surface area contributed by atoms with Crippen molar-refractivity contribution in [3.8, 4) is 0 Å². The van der Waals surface area contributed by atoms with E-state index < -0.39 is 10.1 Å². The second-order valence-corrected chi connectivity index (χ2v) is 8.05. The largest absolute Gasteiger partial charge is 0.383 e. The number of rotatable bonds is 3. The van der Waals surface area contributed by atoms with Crippen LogP contribution in [-0.4, -0.2) is 40.5 Å². The smallest absolute Gasteiger partial charge is 0.264 e. The molecule has 0 amide bonds. The minimum Gasteiger partial charge on any atom is -0.383 e. The number of anilines is 1. The van der Waals surface area contributed by atoms with Crippen LogP contribution in [0.1, 0.15) is 31.7 Å². The maximum atomic E-state index is 11.2. The van der Waals surface area contributed by atoms with Crippen molar-refractivity contribution in [2.45, 2.75) is 37.8 Å². The van der Waals surface area contributed by atoms with E-state index >= 15 is 0 Å². The third kappa shape index (κ3) is 3.18. The summed E-state index contributed by atoms with van der Waals surface area (Å²) in [5, 5.41) is 5.31. The van der Waals surface area contributed by atoms with E-state index in [1.807, 2.05) is 4.68 Å². The third-order valence-electron chi connectivity index (χ3n) is 3.78. The van der Waals surface area contributed by atoms with Crippen LogP contribution in [-0.2, 0) is 14.3 Å². The van der Waals surface area contributed by atoms with Gasteiger partial charge in [-0.3, -0.25) is 4.18 Å². The summed E-state index contributed by atoms with van der Waals surface area (Å²) >= 11 is 2.13. The molecule has 0 bridgehead atoms. The molecule has 1 aliphatic carbocycles. The predicted octanol–water partition coefficient (Wildman–Crippen LogP) is 1.47. The average Bonchev–Trinajstić information content (AvgIpc) is 2.77. The first-order chi connectivity index (χ1) is 10.3. The Kier molecular flexibility index (Phi) is 4.25. The van der Waals surface area contributed by atoms with E-state index in [1.165, 1.54) is 6.33 Å². The molecule has 1 aliphatic rings. The number of halogens is 1. The van der Waals surface area contributed by atoms with E-state index in [1.54, 1.807) is 0 Å². The van der Waals surface area contributed by atoms with Crippen LogP contribution >= 0.6 is 22.6 Å². The van der Waals surface area contributed by atoms with Crippen LogP contribution in [0.2, 0.25) is 0 Å². The third-order valence-corrected chi connectivity index (χ3v) is 5.15. The lowest BCUT2D eigenvalue weighted by atomic mass is 9.93. The Morgan fingerprint density at radius 2 is 2.00 bits per heavy atom. The highest BCUT2D eigenvalue weighted by Crippen LogP contribution is 2.33. The molecule has 0 spiro atoms. The summed E-state index contributed by atoms with van der Waals surface area (Å²) in [7, 11) is -3.40. The molecule has 8 nitrogen and oxygen atoms in total. The maximum absolute atomic E-state index is 11.2. The van der Waals surface area contributed by atoms with E-state index in [0.717, 1.165) is 33.8 Å². The number of hydrogen-bond donors (Lipinski definition) is 1. The topological polar surface area (TPSA) is 113 Å². The Morgan fingerprint density at radius 3 is 2.64 bits per heavy atom. The molecule has 1 fully saturated rings. The minimum atomic E-state index is -3.40. The second kappa shape index (κ2) is 5.89. The Bertz CT molecular complexity index is 798.